The van der Waals surface area contributed by atoms with E-state index < -0.39 is 5.60 Å². The smallest absolute Gasteiger partial charge is 0.0782 e. The molecule has 2 heteroatoms. The van der Waals surface area contributed by atoms with Crippen LogP contribution in [-0.2, 0) is 0 Å². The summed E-state index contributed by atoms with van der Waals surface area (Å²) in [5.74, 6) is 0. The fourth-order valence-electron chi connectivity index (χ4n) is 1.11. The van der Waals surface area contributed by atoms with E-state index in [0.717, 1.165) is 19.3 Å². The molecule has 0 aromatic rings. The lowest BCUT2D eigenvalue weighted by atomic mass is 10.1. The van der Waals surface area contributed by atoms with Crippen molar-refractivity contribution in [2.24, 2.45) is 0 Å². The Morgan fingerprint density at radius 1 is 1.75 bits per heavy atom. The summed E-state index contributed by atoms with van der Waals surface area (Å²) in [7, 11) is 0. The van der Waals surface area contributed by atoms with Crippen LogP contribution in [0.15, 0.2) is 0 Å². The van der Waals surface area contributed by atoms with E-state index >= 15 is 0 Å². The second kappa shape index (κ2) is 1.89. The molecule has 2 unspecified atom stereocenters. The second-order valence-corrected chi connectivity index (χ2v) is 3.24. The molecule has 1 aliphatic carbocycles. The number of alkyl halides is 1. The van der Waals surface area contributed by atoms with Crippen molar-refractivity contribution in [1.29, 1.82) is 0 Å². The van der Waals surface area contributed by atoms with Gasteiger partial charge in [0.05, 0.1) is 11.0 Å². The number of hydrogen-bond acceptors (Lipinski definition) is 1. The third kappa shape index (κ3) is 0.981. The normalized spacial score (nSPS) is 47.6. The Morgan fingerprint density at radius 2 is 2.38 bits per heavy atom. The van der Waals surface area contributed by atoms with Crippen LogP contribution in [0.3, 0.4) is 0 Å². The summed E-state index contributed by atoms with van der Waals surface area (Å²) in [5.41, 5.74) is -0.582. The van der Waals surface area contributed by atoms with E-state index in [0.29, 0.717) is 0 Å². The molecule has 48 valence electrons. The van der Waals surface area contributed by atoms with Gasteiger partial charge >= 0.3 is 0 Å². The van der Waals surface area contributed by atoms with Crippen molar-refractivity contribution in [3.8, 4) is 0 Å². The van der Waals surface area contributed by atoms with Crippen LogP contribution in [0.1, 0.15) is 26.2 Å². The van der Waals surface area contributed by atoms with Gasteiger partial charge in [-0.2, -0.15) is 0 Å². The molecular weight excluding hydrogens is 124 g/mol. The summed E-state index contributed by atoms with van der Waals surface area (Å²) >= 11 is 5.75. The van der Waals surface area contributed by atoms with Gasteiger partial charge in [0, 0.05) is 0 Å². The van der Waals surface area contributed by atoms with Crippen molar-refractivity contribution in [2.45, 2.75) is 37.2 Å². The first-order valence-electron chi connectivity index (χ1n) is 2.99. The maximum Gasteiger partial charge on any atom is 0.0782 e. The average Bonchev–Trinajstić information content (AvgIpc) is 1.86. The monoisotopic (exact) mass is 134 g/mol. The Morgan fingerprint density at radius 3 is 2.50 bits per heavy atom. The number of aliphatic hydroxyl groups is 1. The largest absolute Gasteiger partial charge is 0.389 e. The summed E-state index contributed by atoms with van der Waals surface area (Å²) in [6.07, 6.45) is 2.90. The highest BCUT2D eigenvalue weighted by Crippen LogP contribution is 2.33. The molecular formula is C6H11ClO. The maximum atomic E-state index is 9.33. The zero-order chi connectivity index (χ0) is 6.20. The van der Waals surface area contributed by atoms with Gasteiger partial charge in [0.2, 0.25) is 0 Å². The quantitative estimate of drug-likeness (QED) is 0.499. The molecule has 0 aromatic carbocycles. The molecule has 0 aliphatic heterocycles. The van der Waals surface area contributed by atoms with Gasteiger partial charge in [-0.05, 0) is 26.2 Å². The molecule has 1 fully saturated rings. The first-order valence-corrected chi connectivity index (χ1v) is 3.43. The number of halogens is 1. The van der Waals surface area contributed by atoms with Crippen LogP contribution in [0.5, 0.6) is 0 Å². The Balaban J connectivity index is 2.54. The summed E-state index contributed by atoms with van der Waals surface area (Å²) < 4.78 is 0. The minimum Gasteiger partial charge on any atom is -0.389 e. The summed E-state index contributed by atoms with van der Waals surface area (Å²) in [4.78, 5) is 0. The minimum atomic E-state index is -0.582. The fraction of sp³-hybridized carbons (Fsp3) is 1.00. The number of hydrogen-bond donors (Lipinski definition) is 1. The fourth-order valence-corrected chi connectivity index (χ4v) is 1.37. The van der Waals surface area contributed by atoms with E-state index in [9.17, 15) is 5.11 Å². The Hall–Kier alpha value is 0.250. The van der Waals surface area contributed by atoms with Gasteiger partial charge < -0.3 is 5.11 Å². The maximum absolute atomic E-state index is 9.33. The van der Waals surface area contributed by atoms with Crippen molar-refractivity contribution in [3.63, 3.8) is 0 Å². The molecule has 0 saturated heterocycles. The van der Waals surface area contributed by atoms with E-state index in [4.69, 9.17) is 11.6 Å². The van der Waals surface area contributed by atoms with Gasteiger partial charge in [0.25, 0.3) is 0 Å². The van der Waals surface area contributed by atoms with Crippen LogP contribution < -0.4 is 0 Å². The molecule has 1 N–H and O–H groups in total. The lowest BCUT2D eigenvalue weighted by Gasteiger charge is -2.18. The SMILES string of the molecule is CC1(O)CCCC1Cl. The molecule has 1 nitrogen and oxygen atoms in total. The van der Waals surface area contributed by atoms with Gasteiger partial charge in [-0.3, -0.25) is 0 Å². The van der Waals surface area contributed by atoms with Crippen LogP contribution >= 0.6 is 11.6 Å². The van der Waals surface area contributed by atoms with Crippen LogP contribution in [0.4, 0.5) is 0 Å². The van der Waals surface area contributed by atoms with Crippen LogP contribution in [-0.4, -0.2) is 16.1 Å². The van der Waals surface area contributed by atoms with E-state index in [1.54, 1.807) is 6.92 Å². The first kappa shape index (κ1) is 6.37. The molecule has 2 atom stereocenters. The summed E-state index contributed by atoms with van der Waals surface area (Å²) in [6, 6.07) is 0. The molecule has 8 heavy (non-hydrogen) atoms. The minimum absolute atomic E-state index is 0.0116. The van der Waals surface area contributed by atoms with E-state index in [1.165, 1.54) is 0 Å². The van der Waals surface area contributed by atoms with Crippen molar-refractivity contribution < 1.29 is 5.11 Å². The highest BCUT2D eigenvalue weighted by Gasteiger charge is 2.34. The Bertz CT molecular complexity index is 90.5. The molecule has 0 heterocycles. The molecule has 0 aromatic heterocycles. The Kier molecular flexibility index (Phi) is 1.50. The topological polar surface area (TPSA) is 20.2 Å². The highest BCUT2D eigenvalue weighted by molar-refractivity contribution is 6.21. The van der Waals surface area contributed by atoms with Gasteiger partial charge in [-0.25, -0.2) is 0 Å². The van der Waals surface area contributed by atoms with Gasteiger partial charge in [-0.1, -0.05) is 0 Å². The zero-order valence-electron chi connectivity index (χ0n) is 5.02. The van der Waals surface area contributed by atoms with Gasteiger partial charge in [0.15, 0.2) is 0 Å². The molecule has 1 rings (SSSR count). The van der Waals surface area contributed by atoms with Crippen molar-refractivity contribution in [3.05, 3.63) is 0 Å². The zero-order valence-corrected chi connectivity index (χ0v) is 5.78. The lowest BCUT2D eigenvalue weighted by Crippen LogP contribution is -2.28. The van der Waals surface area contributed by atoms with E-state index in [-0.39, 0.29) is 5.38 Å². The third-order valence-electron chi connectivity index (χ3n) is 1.82. The predicted molar refractivity (Wildman–Crippen MR) is 34.1 cm³/mol. The summed E-state index contributed by atoms with van der Waals surface area (Å²) in [5, 5.41) is 9.32. The average molecular weight is 135 g/mol. The highest BCUT2D eigenvalue weighted by atomic mass is 35.5. The molecule has 0 spiro atoms. The van der Waals surface area contributed by atoms with Crippen molar-refractivity contribution in [2.75, 3.05) is 0 Å². The first-order chi connectivity index (χ1) is 3.63. The van der Waals surface area contributed by atoms with E-state index in [2.05, 4.69) is 0 Å². The van der Waals surface area contributed by atoms with Crippen LogP contribution in [0.25, 0.3) is 0 Å². The molecule has 1 saturated carbocycles. The Labute approximate surface area is 54.7 Å². The standard InChI is InChI=1S/C6H11ClO/c1-6(8)4-2-3-5(6)7/h5,8H,2-4H2,1H3. The van der Waals surface area contributed by atoms with Crippen LogP contribution in [0, 0.1) is 0 Å². The molecule has 1 aliphatic rings. The lowest BCUT2D eigenvalue weighted by molar-refractivity contribution is 0.0715. The van der Waals surface area contributed by atoms with E-state index in [1.807, 2.05) is 0 Å². The second-order valence-electron chi connectivity index (χ2n) is 2.72. The molecule has 0 bridgehead atoms. The van der Waals surface area contributed by atoms with Crippen molar-refractivity contribution in [1.82, 2.24) is 0 Å². The van der Waals surface area contributed by atoms with Crippen LogP contribution in [0.2, 0.25) is 0 Å². The van der Waals surface area contributed by atoms with Gasteiger partial charge in [0.1, 0.15) is 0 Å². The third-order valence-corrected chi connectivity index (χ3v) is 2.50. The molecule has 0 amide bonds. The summed E-state index contributed by atoms with van der Waals surface area (Å²) in [6.45, 7) is 1.80. The van der Waals surface area contributed by atoms with Gasteiger partial charge in [-0.15, -0.1) is 11.6 Å². The number of rotatable bonds is 0. The predicted octanol–water partition coefficient (Wildman–Crippen LogP) is 1.53. The molecule has 0 radical (unpaired) electrons. The van der Waals surface area contributed by atoms with Crippen molar-refractivity contribution >= 4 is 11.6 Å².